The van der Waals surface area contributed by atoms with Crippen molar-refractivity contribution in [3.63, 3.8) is 0 Å². The summed E-state index contributed by atoms with van der Waals surface area (Å²) in [5.74, 6) is 1.20. The van der Waals surface area contributed by atoms with Gasteiger partial charge in [0.15, 0.2) is 0 Å². The van der Waals surface area contributed by atoms with Crippen LogP contribution in [0.3, 0.4) is 0 Å². The standard InChI is InChI=1S/C16H18N2O3/c1-11-4-6-12(7-5-11)17-16(19)18-14-10-13(20-2)8-9-15(14)21-3/h4-10H,1-3H3,(H2,17,18,19). The van der Waals surface area contributed by atoms with Gasteiger partial charge in [0, 0.05) is 11.8 Å². The SMILES string of the molecule is COc1ccc(OC)c(NC(=O)Nc2ccc(C)cc2)c1. The Balaban J connectivity index is 2.09. The number of hydrogen-bond donors (Lipinski definition) is 2. The molecule has 0 aliphatic rings. The highest BCUT2D eigenvalue weighted by molar-refractivity contribution is 6.00. The lowest BCUT2D eigenvalue weighted by Gasteiger charge is -2.12. The maximum absolute atomic E-state index is 12.0. The average Bonchev–Trinajstić information content (AvgIpc) is 2.49. The normalized spacial score (nSPS) is 9.86. The smallest absolute Gasteiger partial charge is 0.323 e. The number of aryl methyl sites for hydroxylation is 1. The van der Waals surface area contributed by atoms with Gasteiger partial charge in [-0.25, -0.2) is 4.79 Å². The van der Waals surface area contributed by atoms with E-state index in [1.54, 1.807) is 32.4 Å². The third kappa shape index (κ3) is 3.89. The van der Waals surface area contributed by atoms with Gasteiger partial charge in [-0.15, -0.1) is 0 Å². The molecule has 0 bridgehead atoms. The molecule has 2 aromatic carbocycles. The van der Waals surface area contributed by atoms with Crippen molar-refractivity contribution in [1.29, 1.82) is 0 Å². The second-order valence-electron chi connectivity index (χ2n) is 4.51. The second-order valence-corrected chi connectivity index (χ2v) is 4.51. The van der Waals surface area contributed by atoms with Crippen LogP contribution in [0, 0.1) is 6.92 Å². The lowest BCUT2D eigenvalue weighted by atomic mass is 10.2. The van der Waals surface area contributed by atoms with Crippen LogP contribution in [-0.4, -0.2) is 20.3 Å². The summed E-state index contributed by atoms with van der Waals surface area (Å²) in [4.78, 5) is 12.0. The van der Waals surface area contributed by atoms with Gasteiger partial charge in [0.2, 0.25) is 0 Å². The van der Waals surface area contributed by atoms with E-state index < -0.39 is 0 Å². The fraction of sp³-hybridized carbons (Fsp3) is 0.188. The van der Waals surface area contributed by atoms with Crippen molar-refractivity contribution in [1.82, 2.24) is 0 Å². The molecule has 0 spiro atoms. The van der Waals surface area contributed by atoms with Gasteiger partial charge in [-0.2, -0.15) is 0 Å². The van der Waals surface area contributed by atoms with Gasteiger partial charge in [-0.1, -0.05) is 17.7 Å². The van der Waals surface area contributed by atoms with E-state index in [4.69, 9.17) is 9.47 Å². The van der Waals surface area contributed by atoms with Crippen LogP contribution in [0.15, 0.2) is 42.5 Å². The van der Waals surface area contributed by atoms with E-state index in [9.17, 15) is 4.79 Å². The molecule has 0 fully saturated rings. The van der Waals surface area contributed by atoms with Crippen molar-refractivity contribution in [3.05, 3.63) is 48.0 Å². The lowest BCUT2D eigenvalue weighted by molar-refractivity contribution is 0.262. The van der Waals surface area contributed by atoms with Crippen LogP contribution in [0.2, 0.25) is 0 Å². The van der Waals surface area contributed by atoms with E-state index in [-0.39, 0.29) is 6.03 Å². The first-order valence-corrected chi connectivity index (χ1v) is 6.49. The van der Waals surface area contributed by atoms with Gasteiger partial charge in [-0.3, -0.25) is 0 Å². The number of nitrogens with one attached hydrogen (secondary N) is 2. The zero-order chi connectivity index (χ0) is 15.2. The molecular weight excluding hydrogens is 268 g/mol. The van der Waals surface area contributed by atoms with Gasteiger partial charge in [0.25, 0.3) is 0 Å². The van der Waals surface area contributed by atoms with Crippen LogP contribution < -0.4 is 20.1 Å². The largest absolute Gasteiger partial charge is 0.497 e. The monoisotopic (exact) mass is 286 g/mol. The molecule has 5 heteroatoms. The Labute approximate surface area is 123 Å². The molecule has 0 atom stereocenters. The van der Waals surface area contributed by atoms with Crippen molar-refractivity contribution < 1.29 is 14.3 Å². The molecule has 0 unspecified atom stereocenters. The number of carbonyl (C=O) groups is 1. The number of ether oxygens (including phenoxy) is 2. The molecule has 2 amide bonds. The summed E-state index contributed by atoms with van der Waals surface area (Å²) in [6.45, 7) is 1.99. The summed E-state index contributed by atoms with van der Waals surface area (Å²) in [6, 6.07) is 12.4. The molecule has 0 aromatic heterocycles. The molecule has 2 aromatic rings. The highest BCUT2D eigenvalue weighted by Gasteiger charge is 2.09. The van der Waals surface area contributed by atoms with Crippen molar-refractivity contribution in [2.24, 2.45) is 0 Å². The predicted octanol–water partition coefficient (Wildman–Crippen LogP) is 3.66. The van der Waals surface area contributed by atoms with E-state index in [0.29, 0.717) is 17.2 Å². The Morgan fingerprint density at radius 1 is 0.952 bits per heavy atom. The maximum Gasteiger partial charge on any atom is 0.323 e. The van der Waals surface area contributed by atoms with Crippen molar-refractivity contribution in [2.75, 3.05) is 24.9 Å². The second kappa shape index (κ2) is 6.65. The summed E-state index contributed by atoms with van der Waals surface area (Å²) in [6.07, 6.45) is 0. The van der Waals surface area contributed by atoms with Crippen molar-refractivity contribution in [3.8, 4) is 11.5 Å². The zero-order valence-corrected chi connectivity index (χ0v) is 12.3. The van der Waals surface area contributed by atoms with E-state index in [0.717, 1.165) is 11.3 Å². The maximum atomic E-state index is 12.0. The number of anilines is 2. The Morgan fingerprint density at radius 3 is 2.29 bits per heavy atom. The topological polar surface area (TPSA) is 59.6 Å². The van der Waals surface area contributed by atoms with Crippen LogP contribution in [0.4, 0.5) is 16.2 Å². The van der Waals surface area contributed by atoms with Gasteiger partial charge in [0.1, 0.15) is 11.5 Å². The fourth-order valence-corrected chi connectivity index (χ4v) is 1.83. The summed E-state index contributed by atoms with van der Waals surface area (Å²) in [5, 5.41) is 5.50. The molecule has 5 nitrogen and oxygen atoms in total. The molecule has 0 saturated carbocycles. The minimum atomic E-state index is -0.342. The van der Waals surface area contributed by atoms with Crippen LogP contribution in [0.25, 0.3) is 0 Å². The first-order valence-electron chi connectivity index (χ1n) is 6.49. The Hall–Kier alpha value is -2.69. The van der Waals surface area contributed by atoms with Crippen LogP contribution in [0.1, 0.15) is 5.56 Å². The van der Waals surface area contributed by atoms with Crippen LogP contribution in [0.5, 0.6) is 11.5 Å². The molecule has 0 aliphatic heterocycles. The first kappa shape index (κ1) is 14.7. The van der Waals surface area contributed by atoms with Gasteiger partial charge >= 0.3 is 6.03 Å². The van der Waals surface area contributed by atoms with Crippen LogP contribution >= 0.6 is 0 Å². The van der Waals surface area contributed by atoms with E-state index >= 15 is 0 Å². The lowest BCUT2D eigenvalue weighted by Crippen LogP contribution is -2.19. The highest BCUT2D eigenvalue weighted by atomic mass is 16.5. The number of benzene rings is 2. The van der Waals surface area contributed by atoms with Gasteiger partial charge in [0.05, 0.1) is 19.9 Å². The summed E-state index contributed by atoms with van der Waals surface area (Å²) >= 11 is 0. The predicted molar refractivity (Wildman–Crippen MR) is 83.4 cm³/mol. The number of amides is 2. The third-order valence-corrected chi connectivity index (χ3v) is 2.96. The minimum Gasteiger partial charge on any atom is -0.497 e. The molecule has 2 N–H and O–H groups in total. The fourth-order valence-electron chi connectivity index (χ4n) is 1.83. The number of rotatable bonds is 4. The van der Waals surface area contributed by atoms with Crippen molar-refractivity contribution >= 4 is 17.4 Å². The Bertz CT molecular complexity index is 624. The number of carbonyl (C=O) groups excluding carboxylic acids is 1. The Morgan fingerprint density at radius 2 is 1.67 bits per heavy atom. The molecule has 0 saturated heterocycles. The van der Waals surface area contributed by atoms with Crippen LogP contribution in [-0.2, 0) is 0 Å². The molecule has 0 radical (unpaired) electrons. The molecule has 0 heterocycles. The number of hydrogen-bond acceptors (Lipinski definition) is 3. The van der Waals surface area contributed by atoms with E-state index in [2.05, 4.69) is 10.6 Å². The summed E-state index contributed by atoms with van der Waals surface area (Å²) in [5.41, 5.74) is 2.40. The molecule has 0 aliphatic carbocycles. The number of methoxy groups -OCH3 is 2. The third-order valence-electron chi connectivity index (χ3n) is 2.96. The molecule has 2 rings (SSSR count). The first-order chi connectivity index (χ1) is 10.1. The highest BCUT2D eigenvalue weighted by Crippen LogP contribution is 2.28. The van der Waals surface area contributed by atoms with E-state index in [1.807, 2.05) is 31.2 Å². The molecule has 110 valence electrons. The zero-order valence-electron chi connectivity index (χ0n) is 12.3. The minimum absolute atomic E-state index is 0.342. The van der Waals surface area contributed by atoms with Gasteiger partial charge < -0.3 is 20.1 Å². The molecule has 21 heavy (non-hydrogen) atoms. The quantitative estimate of drug-likeness (QED) is 0.901. The Kier molecular flexibility index (Phi) is 4.66. The molecular formula is C16H18N2O3. The number of urea groups is 1. The van der Waals surface area contributed by atoms with Gasteiger partial charge in [-0.05, 0) is 31.2 Å². The van der Waals surface area contributed by atoms with E-state index in [1.165, 1.54) is 0 Å². The summed E-state index contributed by atoms with van der Waals surface area (Å²) in [7, 11) is 3.11. The summed E-state index contributed by atoms with van der Waals surface area (Å²) < 4.78 is 10.4. The van der Waals surface area contributed by atoms with Crippen molar-refractivity contribution in [2.45, 2.75) is 6.92 Å². The average molecular weight is 286 g/mol.